The molecule has 0 bridgehead atoms. The van der Waals surface area contributed by atoms with E-state index in [0.29, 0.717) is 12.0 Å². The molecule has 1 fully saturated rings. The molecule has 0 unspecified atom stereocenters. The first-order valence-electron chi connectivity index (χ1n) is 5.34. The second-order valence-corrected chi connectivity index (χ2v) is 4.27. The maximum atomic E-state index is 5.12. The van der Waals surface area contributed by atoms with Crippen LogP contribution < -0.4 is 5.32 Å². The second kappa shape index (κ2) is 4.14. The van der Waals surface area contributed by atoms with Crippen molar-refractivity contribution in [2.24, 2.45) is 0 Å². The fourth-order valence-corrected chi connectivity index (χ4v) is 1.70. The van der Waals surface area contributed by atoms with Gasteiger partial charge in [0.15, 0.2) is 0 Å². The topological polar surface area (TPSA) is 47.0 Å². The average molecular weight is 207 g/mol. The largest absolute Gasteiger partial charge is 0.377 e. The van der Waals surface area contributed by atoms with Gasteiger partial charge in [-0.2, -0.15) is 0 Å². The number of rotatable bonds is 3. The minimum Gasteiger partial charge on any atom is -0.377 e. The molecule has 0 aliphatic carbocycles. The van der Waals surface area contributed by atoms with Crippen molar-refractivity contribution in [3.8, 4) is 0 Å². The van der Waals surface area contributed by atoms with E-state index >= 15 is 0 Å². The van der Waals surface area contributed by atoms with Crippen molar-refractivity contribution in [2.75, 3.05) is 18.5 Å². The zero-order chi connectivity index (χ0) is 10.8. The minimum atomic E-state index is 0.415. The number of nitrogens with one attached hydrogen (secondary N) is 1. The standard InChI is InChI=1S/C11H17N3O/c1-7(2)10-8(3)11(13-6-12-10)14-9-4-15-5-9/h6-7,9H,4-5H2,1-3H3,(H,12,13,14). The van der Waals surface area contributed by atoms with Crippen LogP contribution in [0.25, 0.3) is 0 Å². The van der Waals surface area contributed by atoms with Crippen molar-refractivity contribution in [3.05, 3.63) is 17.6 Å². The summed E-state index contributed by atoms with van der Waals surface area (Å²) in [5.74, 6) is 1.38. The number of anilines is 1. The van der Waals surface area contributed by atoms with Crippen LogP contribution in [-0.4, -0.2) is 29.2 Å². The maximum absolute atomic E-state index is 5.12. The number of nitrogens with zero attached hydrogens (tertiary/aromatic N) is 2. The molecule has 4 nitrogen and oxygen atoms in total. The van der Waals surface area contributed by atoms with E-state index in [1.807, 2.05) is 0 Å². The first-order chi connectivity index (χ1) is 7.18. The molecule has 0 saturated carbocycles. The predicted octanol–water partition coefficient (Wildman–Crippen LogP) is 1.72. The molecule has 0 atom stereocenters. The van der Waals surface area contributed by atoms with E-state index in [9.17, 15) is 0 Å². The summed E-state index contributed by atoms with van der Waals surface area (Å²) in [6.45, 7) is 7.91. The van der Waals surface area contributed by atoms with Gasteiger partial charge < -0.3 is 10.1 Å². The Kier molecular flexibility index (Phi) is 2.86. The Morgan fingerprint density at radius 1 is 1.40 bits per heavy atom. The Bertz CT molecular complexity index is 348. The third kappa shape index (κ3) is 2.09. The molecule has 0 radical (unpaired) electrons. The smallest absolute Gasteiger partial charge is 0.132 e. The van der Waals surface area contributed by atoms with Crippen molar-refractivity contribution in [1.82, 2.24) is 9.97 Å². The third-order valence-electron chi connectivity index (χ3n) is 2.65. The quantitative estimate of drug-likeness (QED) is 0.819. The lowest BCUT2D eigenvalue weighted by Gasteiger charge is -2.28. The van der Waals surface area contributed by atoms with Crippen LogP contribution in [-0.2, 0) is 4.74 Å². The summed E-state index contributed by atoms with van der Waals surface area (Å²) < 4.78 is 5.12. The van der Waals surface area contributed by atoms with E-state index < -0.39 is 0 Å². The Balaban J connectivity index is 2.19. The Labute approximate surface area is 90.1 Å². The van der Waals surface area contributed by atoms with E-state index in [2.05, 4.69) is 36.1 Å². The van der Waals surface area contributed by atoms with Gasteiger partial charge in [-0.15, -0.1) is 0 Å². The zero-order valence-corrected chi connectivity index (χ0v) is 9.45. The highest BCUT2D eigenvalue weighted by Gasteiger charge is 2.20. The monoisotopic (exact) mass is 207 g/mol. The summed E-state index contributed by atoms with van der Waals surface area (Å²) in [5.41, 5.74) is 2.27. The average Bonchev–Trinajstić information content (AvgIpc) is 2.13. The van der Waals surface area contributed by atoms with Gasteiger partial charge in [-0.1, -0.05) is 13.8 Å². The first kappa shape index (κ1) is 10.4. The van der Waals surface area contributed by atoms with E-state index in [1.165, 1.54) is 0 Å². The molecule has 1 N–H and O–H groups in total. The molecule has 0 spiro atoms. The van der Waals surface area contributed by atoms with Gasteiger partial charge in [-0.25, -0.2) is 9.97 Å². The summed E-state index contributed by atoms with van der Waals surface area (Å²) in [7, 11) is 0. The summed E-state index contributed by atoms with van der Waals surface area (Å²) in [4.78, 5) is 8.57. The fourth-order valence-electron chi connectivity index (χ4n) is 1.70. The van der Waals surface area contributed by atoms with Gasteiger partial charge in [0.25, 0.3) is 0 Å². The SMILES string of the molecule is Cc1c(NC2COC2)ncnc1C(C)C. The summed E-state index contributed by atoms with van der Waals surface area (Å²) in [5, 5.41) is 3.37. The number of hydrogen-bond donors (Lipinski definition) is 1. The molecule has 1 saturated heterocycles. The maximum Gasteiger partial charge on any atom is 0.132 e. The third-order valence-corrected chi connectivity index (χ3v) is 2.65. The predicted molar refractivity (Wildman–Crippen MR) is 59.1 cm³/mol. The van der Waals surface area contributed by atoms with Gasteiger partial charge in [0.2, 0.25) is 0 Å². The van der Waals surface area contributed by atoms with Crippen LogP contribution in [0.1, 0.15) is 31.0 Å². The van der Waals surface area contributed by atoms with Crippen molar-refractivity contribution >= 4 is 5.82 Å². The lowest BCUT2D eigenvalue weighted by molar-refractivity contribution is 0.0209. The number of aromatic nitrogens is 2. The zero-order valence-electron chi connectivity index (χ0n) is 9.45. The lowest BCUT2D eigenvalue weighted by atomic mass is 10.1. The molecular formula is C11H17N3O. The van der Waals surface area contributed by atoms with Crippen molar-refractivity contribution < 1.29 is 4.74 Å². The van der Waals surface area contributed by atoms with Crippen LogP contribution in [0.2, 0.25) is 0 Å². The van der Waals surface area contributed by atoms with Gasteiger partial charge in [0.1, 0.15) is 12.1 Å². The van der Waals surface area contributed by atoms with Gasteiger partial charge >= 0.3 is 0 Å². The van der Waals surface area contributed by atoms with Crippen LogP contribution in [0, 0.1) is 6.92 Å². The summed E-state index contributed by atoms with van der Waals surface area (Å²) in [6.07, 6.45) is 1.63. The van der Waals surface area contributed by atoms with Crippen LogP contribution >= 0.6 is 0 Å². The molecule has 1 aromatic heterocycles. The highest BCUT2D eigenvalue weighted by molar-refractivity contribution is 5.46. The van der Waals surface area contributed by atoms with Crippen molar-refractivity contribution in [3.63, 3.8) is 0 Å². The number of ether oxygens (including phenoxy) is 1. The molecule has 15 heavy (non-hydrogen) atoms. The Morgan fingerprint density at radius 2 is 2.13 bits per heavy atom. The molecule has 1 aliphatic heterocycles. The molecule has 2 heterocycles. The fraction of sp³-hybridized carbons (Fsp3) is 0.636. The van der Waals surface area contributed by atoms with Crippen molar-refractivity contribution in [2.45, 2.75) is 32.7 Å². The molecule has 82 valence electrons. The van der Waals surface area contributed by atoms with Crippen molar-refractivity contribution in [1.29, 1.82) is 0 Å². The molecule has 4 heteroatoms. The lowest BCUT2D eigenvalue weighted by Crippen LogP contribution is -2.40. The number of hydrogen-bond acceptors (Lipinski definition) is 4. The highest BCUT2D eigenvalue weighted by Crippen LogP contribution is 2.22. The van der Waals surface area contributed by atoms with E-state index in [0.717, 1.165) is 30.3 Å². The summed E-state index contributed by atoms with van der Waals surface area (Å²) >= 11 is 0. The van der Waals surface area contributed by atoms with Crippen LogP contribution in [0.15, 0.2) is 6.33 Å². The first-order valence-corrected chi connectivity index (χ1v) is 5.34. The molecule has 2 rings (SSSR count). The molecule has 1 aromatic rings. The molecule has 1 aliphatic rings. The van der Waals surface area contributed by atoms with E-state index in [1.54, 1.807) is 6.33 Å². The normalized spacial score (nSPS) is 16.5. The van der Waals surface area contributed by atoms with Crippen LogP contribution in [0.4, 0.5) is 5.82 Å². The van der Waals surface area contributed by atoms with Crippen LogP contribution in [0.5, 0.6) is 0 Å². The summed E-state index contributed by atoms with van der Waals surface area (Å²) in [6, 6.07) is 0.415. The van der Waals surface area contributed by atoms with Gasteiger partial charge in [-0.3, -0.25) is 0 Å². The van der Waals surface area contributed by atoms with E-state index in [4.69, 9.17) is 4.74 Å². The molecule has 0 amide bonds. The second-order valence-electron chi connectivity index (χ2n) is 4.27. The minimum absolute atomic E-state index is 0.415. The van der Waals surface area contributed by atoms with Crippen LogP contribution in [0.3, 0.4) is 0 Å². The Morgan fingerprint density at radius 3 is 2.67 bits per heavy atom. The molecule has 0 aromatic carbocycles. The van der Waals surface area contributed by atoms with E-state index in [-0.39, 0.29) is 0 Å². The Hall–Kier alpha value is -1.16. The highest BCUT2D eigenvalue weighted by atomic mass is 16.5. The van der Waals surface area contributed by atoms with Gasteiger partial charge in [0, 0.05) is 5.56 Å². The van der Waals surface area contributed by atoms with Gasteiger partial charge in [0.05, 0.1) is 24.9 Å². The molecular weight excluding hydrogens is 190 g/mol. The van der Waals surface area contributed by atoms with Gasteiger partial charge in [-0.05, 0) is 12.8 Å².